The second-order valence-corrected chi connectivity index (χ2v) is 17.1. The maximum atomic E-state index is 13.9. The van der Waals surface area contributed by atoms with Crippen molar-refractivity contribution in [2.75, 3.05) is 20.7 Å². The zero-order chi connectivity index (χ0) is 41.3. The van der Waals surface area contributed by atoms with E-state index in [9.17, 15) is 19.8 Å². The Morgan fingerprint density at radius 2 is 1.73 bits per heavy atom. The van der Waals surface area contributed by atoms with Gasteiger partial charge in [0.25, 0.3) is 0 Å². The average molecular weight is 784 g/mol. The van der Waals surface area contributed by atoms with Gasteiger partial charge < -0.3 is 44.5 Å². The Morgan fingerprint density at radius 3 is 2.41 bits per heavy atom. The zero-order valence-electron chi connectivity index (χ0n) is 34.7. The first-order valence-corrected chi connectivity index (χ1v) is 20.1. The molecule has 1 amide bonds. The summed E-state index contributed by atoms with van der Waals surface area (Å²) in [6.45, 7) is 14.9. The maximum Gasteiger partial charge on any atom is 0.425 e. The standard InChI is InChI=1S/C42H65N5O9/c1-11-32-42(8)36(47(44)40(51)56-42)25(4)33(43)23(2)22-41(7,52-20-14-16-29-19-18-28-15-12-13-17-30(28)45-29)37(26(5)34(48)27(6)38(50)54-32)55-39-35(49)31(46(9)10)21-24(3)53-39/h12-19,23-27,31-37,39,48-49H,11,20-22,43-44H2,1-10H3/b16-14+/t23-,24-,25-,26+,27-,31+,32+,33?,34+,35-,36?,37-,39+,41+,42-/m1/s1. The summed E-state index contributed by atoms with van der Waals surface area (Å²) in [5.41, 5.74) is 6.23. The molecule has 312 valence electrons. The number of amides is 1. The van der Waals surface area contributed by atoms with Crippen LogP contribution in [-0.2, 0) is 28.5 Å². The van der Waals surface area contributed by atoms with Crippen molar-refractivity contribution in [3.63, 3.8) is 0 Å². The lowest BCUT2D eigenvalue weighted by atomic mass is 9.72. The normalized spacial score (nSPS) is 40.4. The number of benzene rings is 1. The number of ether oxygens (including phenoxy) is 5. The number of aromatic nitrogens is 1. The fourth-order valence-corrected chi connectivity index (χ4v) is 9.32. The molecule has 4 heterocycles. The van der Waals surface area contributed by atoms with E-state index in [1.807, 2.05) is 102 Å². The molecule has 3 saturated heterocycles. The quantitative estimate of drug-likeness (QED) is 0.169. The maximum absolute atomic E-state index is 13.9. The first-order valence-electron chi connectivity index (χ1n) is 20.1. The van der Waals surface area contributed by atoms with Crippen LogP contribution < -0.4 is 11.6 Å². The number of aliphatic hydroxyl groups excluding tert-OH is 2. The van der Waals surface area contributed by atoms with Gasteiger partial charge in [-0.15, -0.1) is 0 Å². The highest BCUT2D eigenvalue weighted by Crippen LogP contribution is 2.43. The molecule has 15 atom stereocenters. The van der Waals surface area contributed by atoms with Crippen LogP contribution in [0.1, 0.15) is 80.3 Å². The third-order valence-electron chi connectivity index (χ3n) is 12.6. The molecule has 1 aromatic heterocycles. The number of hydrazine groups is 1. The molecule has 0 aliphatic carbocycles. The summed E-state index contributed by atoms with van der Waals surface area (Å²) in [7, 11) is 3.80. The van der Waals surface area contributed by atoms with Gasteiger partial charge in [-0.05, 0) is 91.1 Å². The van der Waals surface area contributed by atoms with Crippen LogP contribution in [0, 0.1) is 23.7 Å². The minimum atomic E-state index is -1.32. The number of hydrogen-bond acceptors (Lipinski definition) is 13. The number of aliphatic hydroxyl groups is 2. The largest absolute Gasteiger partial charge is 0.458 e. The number of nitrogens with two attached hydrogens (primary N) is 2. The molecule has 6 N–H and O–H groups in total. The minimum absolute atomic E-state index is 0.130. The number of carbonyl (C=O) groups excluding carboxylic acids is 2. The van der Waals surface area contributed by atoms with Gasteiger partial charge in [-0.25, -0.2) is 20.6 Å². The van der Waals surface area contributed by atoms with E-state index >= 15 is 0 Å². The lowest BCUT2D eigenvalue weighted by Crippen LogP contribution is -2.62. The first kappa shape index (κ1) is 43.9. The van der Waals surface area contributed by atoms with Gasteiger partial charge in [0.15, 0.2) is 11.9 Å². The van der Waals surface area contributed by atoms with Crippen LogP contribution in [0.4, 0.5) is 4.79 Å². The molecule has 2 unspecified atom stereocenters. The molecule has 2 aromatic rings. The van der Waals surface area contributed by atoms with E-state index in [1.165, 1.54) is 0 Å². The summed E-state index contributed by atoms with van der Waals surface area (Å²) in [6.07, 6.45) is -1.20. The van der Waals surface area contributed by atoms with E-state index < -0.39 is 83.8 Å². The first-order chi connectivity index (χ1) is 26.3. The van der Waals surface area contributed by atoms with E-state index in [-0.39, 0.29) is 24.7 Å². The smallest absolute Gasteiger partial charge is 0.425 e. The van der Waals surface area contributed by atoms with Crippen molar-refractivity contribution in [2.45, 2.75) is 141 Å². The molecule has 3 aliphatic rings. The molecule has 3 fully saturated rings. The molecule has 0 bridgehead atoms. The number of fused-ring (bicyclic) bond motifs is 2. The lowest BCUT2D eigenvalue weighted by molar-refractivity contribution is -0.303. The van der Waals surface area contributed by atoms with Crippen molar-refractivity contribution in [1.82, 2.24) is 14.9 Å². The number of likely N-dealkylation sites (N-methyl/N-ethyl adjacent to an activating group) is 1. The lowest BCUT2D eigenvalue weighted by Gasteiger charge is -2.49. The van der Waals surface area contributed by atoms with Crippen LogP contribution >= 0.6 is 0 Å². The van der Waals surface area contributed by atoms with Crippen molar-refractivity contribution in [1.29, 1.82) is 0 Å². The number of hydrogen-bond donors (Lipinski definition) is 4. The molecule has 14 nitrogen and oxygen atoms in total. The van der Waals surface area contributed by atoms with E-state index in [4.69, 9.17) is 40.2 Å². The number of rotatable bonds is 8. The van der Waals surface area contributed by atoms with Gasteiger partial charge in [-0.2, -0.15) is 0 Å². The van der Waals surface area contributed by atoms with Crippen LogP contribution in [0.3, 0.4) is 0 Å². The van der Waals surface area contributed by atoms with Gasteiger partial charge in [-0.3, -0.25) is 4.79 Å². The van der Waals surface area contributed by atoms with E-state index in [1.54, 1.807) is 20.8 Å². The van der Waals surface area contributed by atoms with Crippen molar-refractivity contribution in [3.8, 4) is 0 Å². The van der Waals surface area contributed by atoms with Crippen molar-refractivity contribution in [3.05, 3.63) is 48.2 Å². The summed E-state index contributed by atoms with van der Waals surface area (Å²) in [6, 6.07) is 10.3. The van der Waals surface area contributed by atoms with Gasteiger partial charge in [0, 0.05) is 23.4 Å². The number of cyclic esters (lactones) is 1. The van der Waals surface area contributed by atoms with Crippen LogP contribution in [0.15, 0.2) is 42.5 Å². The molecule has 3 aliphatic heterocycles. The van der Waals surface area contributed by atoms with Gasteiger partial charge >= 0.3 is 12.1 Å². The fourth-order valence-electron chi connectivity index (χ4n) is 9.32. The SMILES string of the molecule is CC[C@@H]1OC(=O)[C@H](C)[C@@H](O)[C@H](C)[C@@H](O[C@@H]2O[C@H](C)C[C@H](N(C)C)[C@H]2O)[C@@](C)(OC/C=C/c2ccc3ccccc3n2)C[C@@H](C)C(N)[C@@H](C)C2N(N)C(=O)O[C@@]21C. The van der Waals surface area contributed by atoms with E-state index in [0.717, 1.165) is 21.6 Å². The van der Waals surface area contributed by atoms with Crippen LogP contribution in [0.25, 0.3) is 17.0 Å². The second kappa shape index (κ2) is 17.7. The van der Waals surface area contributed by atoms with Gasteiger partial charge in [0.2, 0.25) is 0 Å². The minimum Gasteiger partial charge on any atom is -0.458 e. The number of esters is 1. The molecule has 56 heavy (non-hydrogen) atoms. The van der Waals surface area contributed by atoms with Crippen molar-refractivity contribution in [2.24, 2.45) is 35.2 Å². The fraction of sp³-hybridized carbons (Fsp3) is 0.690. The molecule has 14 heteroatoms. The molecule has 1 aromatic carbocycles. The molecular weight excluding hydrogens is 718 g/mol. The number of nitrogens with zero attached hydrogens (tertiary/aromatic N) is 3. The van der Waals surface area contributed by atoms with Crippen molar-refractivity contribution >= 4 is 29.0 Å². The van der Waals surface area contributed by atoms with E-state index in [0.29, 0.717) is 19.3 Å². The van der Waals surface area contributed by atoms with Crippen LogP contribution in [0.2, 0.25) is 0 Å². The highest BCUT2D eigenvalue weighted by Gasteiger charge is 2.60. The Bertz CT molecular complexity index is 1700. The number of para-hydroxylation sites is 1. The van der Waals surface area contributed by atoms with Crippen LogP contribution in [-0.4, -0.2) is 124 Å². The predicted molar refractivity (Wildman–Crippen MR) is 213 cm³/mol. The zero-order valence-corrected chi connectivity index (χ0v) is 34.7. The molecule has 0 radical (unpaired) electrons. The molecular formula is C42H65N5O9. The van der Waals surface area contributed by atoms with E-state index in [2.05, 4.69) is 0 Å². The Hall–Kier alpha value is -3.21. The number of pyridine rings is 1. The monoisotopic (exact) mass is 783 g/mol. The second-order valence-electron chi connectivity index (χ2n) is 17.1. The third-order valence-corrected chi connectivity index (χ3v) is 12.6. The summed E-state index contributed by atoms with van der Waals surface area (Å²) >= 11 is 0. The topological polar surface area (TPSA) is 192 Å². The Labute approximate surface area is 331 Å². The summed E-state index contributed by atoms with van der Waals surface area (Å²) in [5, 5.41) is 25.8. The Kier molecular flexibility index (Phi) is 13.9. The highest BCUT2D eigenvalue weighted by atomic mass is 16.7. The summed E-state index contributed by atoms with van der Waals surface area (Å²) in [5.74, 6) is 3.21. The van der Waals surface area contributed by atoms with Crippen LogP contribution in [0.5, 0.6) is 0 Å². The highest BCUT2D eigenvalue weighted by molar-refractivity contribution is 5.79. The Balaban J connectivity index is 1.56. The van der Waals surface area contributed by atoms with Gasteiger partial charge in [0.1, 0.15) is 12.2 Å². The van der Waals surface area contributed by atoms with Gasteiger partial charge in [-0.1, -0.05) is 58.0 Å². The van der Waals surface area contributed by atoms with Crippen molar-refractivity contribution < 1.29 is 43.5 Å². The third kappa shape index (κ3) is 8.92. The van der Waals surface area contributed by atoms with Gasteiger partial charge in [0.05, 0.1) is 53.7 Å². The Morgan fingerprint density at radius 1 is 1.04 bits per heavy atom. The molecule has 5 rings (SSSR count). The molecule has 0 saturated carbocycles. The molecule has 0 spiro atoms. The number of carbonyl (C=O) groups is 2. The summed E-state index contributed by atoms with van der Waals surface area (Å²) < 4.78 is 32.0. The predicted octanol–water partition coefficient (Wildman–Crippen LogP) is 4.25. The summed E-state index contributed by atoms with van der Waals surface area (Å²) in [4.78, 5) is 33.7. The average Bonchev–Trinajstić information content (AvgIpc) is 3.40.